The van der Waals surface area contributed by atoms with E-state index in [1.165, 1.54) is 18.2 Å². The zero-order chi connectivity index (χ0) is 15.7. The smallest absolute Gasteiger partial charge is 0.179 e. The Bertz CT molecular complexity index is 807. The third-order valence-electron chi connectivity index (χ3n) is 3.50. The summed E-state index contributed by atoms with van der Waals surface area (Å²) in [6.07, 6.45) is 4.68. The molecule has 0 saturated heterocycles. The molecule has 0 amide bonds. The number of pyridine rings is 1. The molecule has 5 heteroatoms. The summed E-state index contributed by atoms with van der Waals surface area (Å²) in [6.45, 7) is 3.78. The Kier molecular flexibility index (Phi) is 3.79. The van der Waals surface area contributed by atoms with Crippen LogP contribution in [0.4, 0.5) is 8.78 Å². The van der Waals surface area contributed by atoms with Crippen LogP contribution in [0.25, 0.3) is 5.65 Å². The van der Waals surface area contributed by atoms with Gasteiger partial charge in [-0.1, -0.05) is 13.0 Å². The first-order valence-corrected chi connectivity index (χ1v) is 7.12. The molecule has 0 spiro atoms. The fourth-order valence-electron chi connectivity index (χ4n) is 2.35. The Morgan fingerprint density at radius 1 is 1.18 bits per heavy atom. The van der Waals surface area contributed by atoms with E-state index in [4.69, 9.17) is 4.74 Å². The van der Waals surface area contributed by atoms with Crippen molar-refractivity contribution in [3.63, 3.8) is 0 Å². The molecule has 0 unspecified atom stereocenters. The van der Waals surface area contributed by atoms with E-state index < -0.39 is 11.6 Å². The predicted molar refractivity (Wildman–Crippen MR) is 80.0 cm³/mol. The molecule has 1 aromatic carbocycles. The van der Waals surface area contributed by atoms with Gasteiger partial charge in [-0.2, -0.15) is 0 Å². The van der Waals surface area contributed by atoms with Crippen molar-refractivity contribution in [3.05, 3.63) is 65.1 Å². The molecule has 114 valence electrons. The van der Waals surface area contributed by atoms with Gasteiger partial charge in [-0.15, -0.1) is 0 Å². The maximum Gasteiger partial charge on any atom is 0.179 e. The summed E-state index contributed by atoms with van der Waals surface area (Å²) in [7, 11) is 0. The Morgan fingerprint density at radius 2 is 1.91 bits per heavy atom. The zero-order valence-corrected chi connectivity index (χ0v) is 12.4. The molecule has 3 nitrogen and oxygen atoms in total. The predicted octanol–water partition coefficient (Wildman–Crippen LogP) is 4.06. The van der Waals surface area contributed by atoms with E-state index in [2.05, 4.69) is 4.98 Å². The topological polar surface area (TPSA) is 26.5 Å². The van der Waals surface area contributed by atoms with Crippen LogP contribution in [0.2, 0.25) is 0 Å². The summed E-state index contributed by atoms with van der Waals surface area (Å²) in [5.74, 6) is -0.704. The average Bonchev–Trinajstić information content (AvgIpc) is 2.89. The normalized spacial score (nSPS) is 11.1. The molecule has 0 bridgehead atoms. The first-order valence-electron chi connectivity index (χ1n) is 7.12. The van der Waals surface area contributed by atoms with Gasteiger partial charge in [-0.05, 0) is 37.1 Å². The van der Waals surface area contributed by atoms with E-state index in [1.54, 1.807) is 0 Å². The van der Waals surface area contributed by atoms with Gasteiger partial charge in [0.25, 0.3) is 0 Å². The van der Waals surface area contributed by atoms with Crippen LogP contribution >= 0.6 is 0 Å². The number of aromatic nitrogens is 2. The number of nitrogens with zero attached hydrogens (tertiary/aromatic N) is 2. The van der Waals surface area contributed by atoms with E-state index in [1.807, 2.05) is 36.7 Å². The standard InChI is InChI=1S/C17H16F2N2O/c1-3-12-9-21-8-11(2)7-16(17(21)20-12)22-10-13-14(18)5-4-6-15(13)19/h4-9H,3,10H2,1-2H3. The monoisotopic (exact) mass is 302 g/mol. The highest BCUT2D eigenvalue weighted by Crippen LogP contribution is 2.23. The van der Waals surface area contributed by atoms with Crippen LogP contribution in [-0.4, -0.2) is 9.38 Å². The van der Waals surface area contributed by atoms with E-state index in [0.29, 0.717) is 11.4 Å². The van der Waals surface area contributed by atoms with Gasteiger partial charge < -0.3 is 9.14 Å². The number of ether oxygens (including phenoxy) is 1. The Balaban J connectivity index is 1.95. The Labute approximate surface area is 127 Å². The molecular formula is C17H16F2N2O. The second kappa shape index (κ2) is 5.75. The summed E-state index contributed by atoms with van der Waals surface area (Å²) in [6, 6.07) is 5.60. The van der Waals surface area contributed by atoms with Gasteiger partial charge in [0.2, 0.25) is 0 Å². The van der Waals surface area contributed by atoms with Crippen LogP contribution in [0.1, 0.15) is 23.7 Å². The van der Waals surface area contributed by atoms with Gasteiger partial charge in [-0.3, -0.25) is 0 Å². The van der Waals surface area contributed by atoms with E-state index >= 15 is 0 Å². The molecule has 2 aromatic heterocycles. The molecule has 0 aliphatic heterocycles. The van der Waals surface area contributed by atoms with E-state index in [0.717, 1.165) is 17.7 Å². The highest BCUT2D eigenvalue weighted by atomic mass is 19.1. The molecule has 3 aromatic rings. The number of imidazole rings is 1. The van der Waals surface area contributed by atoms with Gasteiger partial charge in [-0.25, -0.2) is 13.8 Å². The second-order valence-electron chi connectivity index (χ2n) is 5.19. The van der Waals surface area contributed by atoms with Crippen LogP contribution in [0.15, 0.2) is 36.7 Å². The summed E-state index contributed by atoms with van der Waals surface area (Å²) < 4.78 is 34.8. The molecule has 0 aliphatic carbocycles. The lowest BCUT2D eigenvalue weighted by molar-refractivity contribution is 0.294. The van der Waals surface area contributed by atoms with Crippen molar-refractivity contribution in [1.29, 1.82) is 0 Å². The van der Waals surface area contributed by atoms with Crippen LogP contribution < -0.4 is 4.74 Å². The molecule has 0 radical (unpaired) electrons. The zero-order valence-electron chi connectivity index (χ0n) is 12.4. The van der Waals surface area contributed by atoms with E-state index in [-0.39, 0.29) is 12.2 Å². The lowest BCUT2D eigenvalue weighted by atomic mass is 10.2. The molecule has 0 aliphatic rings. The fraction of sp³-hybridized carbons (Fsp3) is 0.235. The number of aryl methyl sites for hydroxylation is 2. The minimum Gasteiger partial charge on any atom is -0.485 e. The second-order valence-corrected chi connectivity index (χ2v) is 5.19. The van der Waals surface area contributed by atoms with Gasteiger partial charge >= 0.3 is 0 Å². The largest absolute Gasteiger partial charge is 0.485 e. The maximum atomic E-state index is 13.7. The van der Waals surface area contributed by atoms with Crippen molar-refractivity contribution in [2.75, 3.05) is 0 Å². The van der Waals surface area contributed by atoms with Crippen LogP contribution in [0.5, 0.6) is 5.75 Å². The molecule has 0 atom stereocenters. The molecule has 0 N–H and O–H groups in total. The molecule has 22 heavy (non-hydrogen) atoms. The van der Waals surface area contributed by atoms with Gasteiger partial charge in [0.15, 0.2) is 11.4 Å². The molecule has 3 rings (SSSR count). The highest BCUT2D eigenvalue weighted by Gasteiger charge is 2.12. The first-order chi connectivity index (χ1) is 10.6. The summed E-state index contributed by atoms with van der Waals surface area (Å²) in [5.41, 5.74) is 2.49. The maximum absolute atomic E-state index is 13.7. The fourth-order valence-corrected chi connectivity index (χ4v) is 2.35. The van der Waals surface area contributed by atoms with Gasteiger partial charge in [0.1, 0.15) is 18.2 Å². The number of fused-ring (bicyclic) bond motifs is 1. The molecule has 2 heterocycles. The van der Waals surface area contributed by atoms with Crippen molar-refractivity contribution in [1.82, 2.24) is 9.38 Å². The van der Waals surface area contributed by atoms with Gasteiger partial charge in [0, 0.05) is 12.4 Å². The van der Waals surface area contributed by atoms with Gasteiger partial charge in [0.05, 0.1) is 11.3 Å². The number of hydrogen-bond donors (Lipinski definition) is 0. The van der Waals surface area contributed by atoms with Crippen molar-refractivity contribution in [2.45, 2.75) is 26.9 Å². The lowest BCUT2D eigenvalue weighted by Crippen LogP contribution is -2.03. The Hall–Kier alpha value is -2.43. The Morgan fingerprint density at radius 3 is 2.59 bits per heavy atom. The van der Waals surface area contributed by atoms with E-state index in [9.17, 15) is 8.78 Å². The number of halogens is 2. The SMILES string of the molecule is CCc1cn2cc(C)cc(OCc3c(F)cccc3F)c2n1. The minimum absolute atomic E-state index is 0.0792. The molecule has 0 fully saturated rings. The number of benzene rings is 1. The summed E-state index contributed by atoms with van der Waals surface area (Å²) in [5, 5.41) is 0. The minimum atomic E-state index is -0.610. The highest BCUT2D eigenvalue weighted by molar-refractivity contribution is 5.56. The van der Waals surface area contributed by atoms with Crippen LogP contribution in [-0.2, 0) is 13.0 Å². The molecular weight excluding hydrogens is 286 g/mol. The van der Waals surface area contributed by atoms with Crippen molar-refractivity contribution < 1.29 is 13.5 Å². The summed E-state index contributed by atoms with van der Waals surface area (Å²) in [4.78, 5) is 4.48. The molecule has 0 saturated carbocycles. The third-order valence-corrected chi connectivity index (χ3v) is 3.50. The first kappa shape index (κ1) is 14.5. The number of hydrogen-bond acceptors (Lipinski definition) is 2. The van der Waals surface area contributed by atoms with Crippen molar-refractivity contribution in [2.24, 2.45) is 0 Å². The quantitative estimate of drug-likeness (QED) is 0.726. The third kappa shape index (κ3) is 2.66. The van der Waals surface area contributed by atoms with Crippen molar-refractivity contribution in [3.8, 4) is 5.75 Å². The lowest BCUT2D eigenvalue weighted by Gasteiger charge is -2.10. The number of rotatable bonds is 4. The van der Waals surface area contributed by atoms with Crippen molar-refractivity contribution >= 4 is 5.65 Å². The van der Waals surface area contributed by atoms with Crippen LogP contribution in [0.3, 0.4) is 0 Å². The average molecular weight is 302 g/mol. The summed E-state index contributed by atoms with van der Waals surface area (Å²) >= 11 is 0. The van der Waals surface area contributed by atoms with Crippen LogP contribution in [0, 0.1) is 18.6 Å².